The quantitative estimate of drug-likeness (QED) is 0.835. The van der Waals surface area contributed by atoms with E-state index in [-0.39, 0.29) is 5.91 Å². The van der Waals surface area contributed by atoms with Gasteiger partial charge in [-0.15, -0.1) is 0 Å². The van der Waals surface area contributed by atoms with Crippen LogP contribution in [-0.2, 0) is 11.3 Å². The summed E-state index contributed by atoms with van der Waals surface area (Å²) in [5, 5.41) is 0. The first-order chi connectivity index (χ1) is 8.22. The largest absolute Gasteiger partial charge is 0.491 e. The highest BCUT2D eigenvalue weighted by atomic mass is 16.5. The van der Waals surface area contributed by atoms with E-state index in [9.17, 15) is 4.79 Å². The highest BCUT2D eigenvalue weighted by molar-refractivity contribution is 5.81. The van der Waals surface area contributed by atoms with Gasteiger partial charge in [-0.2, -0.15) is 0 Å². The Morgan fingerprint density at radius 2 is 2.29 bits per heavy atom. The molecule has 0 bridgehead atoms. The van der Waals surface area contributed by atoms with E-state index in [0.29, 0.717) is 26.1 Å². The Morgan fingerprint density at radius 3 is 3.06 bits per heavy atom. The number of nitrogens with two attached hydrogens (primary N) is 1. The lowest BCUT2D eigenvalue weighted by atomic mass is 10.1. The molecule has 1 aliphatic rings. The van der Waals surface area contributed by atoms with Crippen molar-refractivity contribution in [2.45, 2.75) is 25.9 Å². The number of benzene rings is 1. The predicted molar refractivity (Wildman–Crippen MR) is 65.6 cm³/mol. The first kappa shape index (κ1) is 11.9. The third kappa shape index (κ3) is 2.58. The zero-order chi connectivity index (χ0) is 12.3. The molecule has 92 valence electrons. The maximum absolute atomic E-state index is 12.0. The second-order valence-corrected chi connectivity index (χ2v) is 4.23. The Hall–Kier alpha value is -1.55. The third-order valence-electron chi connectivity index (χ3n) is 3.02. The lowest BCUT2D eigenvalue weighted by molar-refractivity contribution is -0.133. The molecule has 0 saturated carbocycles. The standard InChI is InChI=1S/C13H18N2O2/c1-2-11(14)13(16)15-7-8-17-12-6-4-3-5-10(12)9-15/h3-6,11H,2,7-9,14H2,1H3/t11-/m0/s1. The van der Waals surface area contributed by atoms with Crippen LogP contribution in [-0.4, -0.2) is 30.0 Å². The van der Waals surface area contributed by atoms with Crippen LogP contribution in [0, 0.1) is 0 Å². The van der Waals surface area contributed by atoms with Gasteiger partial charge in [-0.1, -0.05) is 25.1 Å². The van der Waals surface area contributed by atoms with Gasteiger partial charge in [0, 0.05) is 12.1 Å². The van der Waals surface area contributed by atoms with Crippen LogP contribution in [0.25, 0.3) is 0 Å². The number of hydrogen-bond acceptors (Lipinski definition) is 3. The molecule has 4 nitrogen and oxygen atoms in total. The van der Waals surface area contributed by atoms with Crippen molar-refractivity contribution in [1.82, 2.24) is 4.90 Å². The van der Waals surface area contributed by atoms with Gasteiger partial charge in [0.05, 0.1) is 12.6 Å². The number of hydrogen-bond donors (Lipinski definition) is 1. The molecule has 1 amide bonds. The van der Waals surface area contributed by atoms with E-state index in [1.165, 1.54) is 0 Å². The molecule has 1 aromatic carbocycles. The topological polar surface area (TPSA) is 55.6 Å². The van der Waals surface area contributed by atoms with Gasteiger partial charge in [0.15, 0.2) is 0 Å². The van der Waals surface area contributed by atoms with Crippen molar-refractivity contribution < 1.29 is 9.53 Å². The van der Waals surface area contributed by atoms with Crippen LogP contribution in [0.3, 0.4) is 0 Å². The highest BCUT2D eigenvalue weighted by Crippen LogP contribution is 2.22. The molecule has 0 aliphatic carbocycles. The minimum Gasteiger partial charge on any atom is -0.491 e. The van der Waals surface area contributed by atoms with Crippen LogP contribution in [0.4, 0.5) is 0 Å². The lowest BCUT2D eigenvalue weighted by Gasteiger charge is -2.22. The molecule has 0 saturated heterocycles. The summed E-state index contributed by atoms with van der Waals surface area (Å²) in [6, 6.07) is 7.41. The molecule has 1 atom stereocenters. The number of amides is 1. The molecule has 2 rings (SSSR count). The number of rotatable bonds is 2. The Morgan fingerprint density at radius 1 is 1.53 bits per heavy atom. The third-order valence-corrected chi connectivity index (χ3v) is 3.02. The van der Waals surface area contributed by atoms with Gasteiger partial charge in [-0.05, 0) is 12.5 Å². The van der Waals surface area contributed by atoms with Gasteiger partial charge in [-0.3, -0.25) is 4.79 Å². The van der Waals surface area contributed by atoms with Gasteiger partial charge in [0.25, 0.3) is 0 Å². The van der Waals surface area contributed by atoms with Gasteiger partial charge < -0.3 is 15.4 Å². The maximum atomic E-state index is 12.0. The van der Waals surface area contributed by atoms with E-state index >= 15 is 0 Å². The van der Waals surface area contributed by atoms with Crippen molar-refractivity contribution >= 4 is 5.91 Å². The number of ether oxygens (including phenoxy) is 1. The molecule has 0 spiro atoms. The minimum atomic E-state index is -0.403. The van der Waals surface area contributed by atoms with Gasteiger partial charge in [0.1, 0.15) is 12.4 Å². The number of carbonyl (C=O) groups is 1. The van der Waals surface area contributed by atoms with Crippen LogP contribution in [0.1, 0.15) is 18.9 Å². The molecular formula is C13H18N2O2. The summed E-state index contributed by atoms with van der Waals surface area (Å²) in [6.45, 7) is 3.63. The normalized spacial score (nSPS) is 16.7. The number of fused-ring (bicyclic) bond motifs is 1. The predicted octanol–water partition coefficient (Wildman–Crippen LogP) is 1.14. The summed E-state index contributed by atoms with van der Waals surface area (Å²) in [5.41, 5.74) is 6.83. The molecule has 0 aromatic heterocycles. The van der Waals surface area contributed by atoms with Crippen LogP contribution >= 0.6 is 0 Å². The number of nitrogens with zero attached hydrogens (tertiary/aromatic N) is 1. The fourth-order valence-corrected chi connectivity index (χ4v) is 1.92. The van der Waals surface area contributed by atoms with E-state index < -0.39 is 6.04 Å². The summed E-state index contributed by atoms with van der Waals surface area (Å²) < 4.78 is 5.61. The average molecular weight is 234 g/mol. The zero-order valence-electron chi connectivity index (χ0n) is 10.1. The molecule has 4 heteroatoms. The molecule has 0 radical (unpaired) electrons. The first-order valence-electron chi connectivity index (χ1n) is 5.97. The average Bonchev–Trinajstić information content (AvgIpc) is 2.58. The highest BCUT2D eigenvalue weighted by Gasteiger charge is 2.22. The van der Waals surface area contributed by atoms with E-state index in [1.54, 1.807) is 4.90 Å². The second kappa shape index (κ2) is 5.19. The SMILES string of the molecule is CC[C@H](N)C(=O)N1CCOc2ccccc2C1. The summed E-state index contributed by atoms with van der Waals surface area (Å²) in [5.74, 6) is 0.876. The molecule has 17 heavy (non-hydrogen) atoms. The molecule has 1 heterocycles. The van der Waals surface area contributed by atoms with Crippen molar-refractivity contribution in [2.24, 2.45) is 5.73 Å². The van der Waals surface area contributed by atoms with Gasteiger partial charge in [0.2, 0.25) is 5.91 Å². The molecule has 0 fully saturated rings. The lowest BCUT2D eigenvalue weighted by Crippen LogP contribution is -2.43. The van der Waals surface area contributed by atoms with E-state index in [4.69, 9.17) is 10.5 Å². The zero-order valence-corrected chi connectivity index (χ0v) is 10.1. The monoisotopic (exact) mass is 234 g/mol. The molecule has 0 unspecified atom stereocenters. The molecule has 1 aliphatic heterocycles. The van der Waals surface area contributed by atoms with Crippen molar-refractivity contribution in [3.63, 3.8) is 0 Å². The van der Waals surface area contributed by atoms with Crippen molar-refractivity contribution in [2.75, 3.05) is 13.2 Å². The Labute approximate surface area is 101 Å². The fraction of sp³-hybridized carbons (Fsp3) is 0.462. The van der Waals surface area contributed by atoms with E-state index in [1.807, 2.05) is 31.2 Å². The minimum absolute atomic E-state index is 0.00723. The van der Waals surface area contributed by atoms with E-state index in [2.05, 4.69) is 0 Å². The number of carbonyl (C=O) groups excluding carboxylic acids is 1. The van der Waals surface area contributed by atoms with Gasteiger partial charge in [-0.25, -0.2) is 0 Å². The summed E-state index contributed by atoms with van der Waals surface area (Å²) >= 11 is 0. The maximum Gasteiger partial charge on any atom is 0.239 e. The molecular weight excluding hydrogens is 216 g/mol. The summed E-state index contributed by atoms with van der Waals surface area (Å²) in [4.78, 5) is 13.8. The fourth-order valence-electron chi connectivity index (χ4n) is 1.92. The van der Waals surface area contributed by atoms with Crippen molar-refractivity contribution in [3.05, 3.63) is 29.8 Å². The summed E-state index contributed by atoms with van der Waals surface area (Å²) in [6.07, 6.45) is 0.665. The second-order valence-electron chi connectivity index (χ2n) is 4.23. The first-order valence-corrected chi connectivity index (χ1v) is 5.97. The molecule has 2 N–H and O–H groups in total. The smallest absolute Gasteiger partial charge is 0.239 e. The van der Waals surface area contributed by atoms with Crippen LogP contribution in [0.2, 0.25) is 0 Å². The van der Waals surface area contributed by atoms with Crippen LogP contribution in [0.5, 0.6) is 5.75 Å². The van der Waals surface area contributed by atoms with Crippen LogP contribution < -0.4 is 10.5 Å². The Kier molecular flexibility index (Phi) is 3.64. The molecule has 1 aromatic rings. The van der Waals surface area contributed by atoms with E-state index in [0.717, 1.165) is 11.3 Å². The van der Waals surface area contributed by atoms with Crippen molar-refractivity contribution in [3.8, 4) is 5.75 Å². The Balaban J connectivity index is 2.15. The van der Waals surface area contributed by atoms with Crippen molar-refractivity contribution in [1.29, 1.82) is 0 Å². The Bertz CT molecular complexity index is 406. The summed E-state index contributed by atoms with van der Waals surface area (Å²) in [7, 11) is 0. The van der Waals surface area contributed by atoms with Crippen LogP contribution in [0.15, 0.2) is 24.3 Å². The van der Waals surface area contributed by atoms with Gasteiger partial charge >= 0.3 is 0 Å². The number of para-hydroxylation sites is 1.